The van der Waals surface area contributed by atoms with Gasteiger partial charge in [-0.05, 0) is 43.7 Å². The molecular weight excluding hydrogens is 459 g/mol. The molecule has 4 rings (SSSR count). The molecule has 1 atom stereocenters. The van der Waals surface area contributed by atoms with Crippen LogP contribution in [0.5, 0.6) is 0 Å². The molecule has 0 aromatic heterocycles. The molecule has 188 valence electrons. The van der Waals surface area contributed by atoms with Crippen molar-refractivity contribution in [3.8, 4) is 0 Å². The highest BCUT2D eigenvalue weighted by atomic mass is 19.1. The standard InChI is InChI=1S/C24H29FN4O6/c1-3-35-12-20(31)26-13-24(2)6-8-28(9-7-24)18-11-15-14(10-16(18)25)22(33)29(23(15)34)17-4-5-19(30)27-21(17)32/h10-11,17H,3-9,12-13H2,1-2H3,(H,26,31)(H,27,30,32). The first kappa shape index (κ1) is 24.8. The lowest BCUT2D eigenvalue weighted by atomic mass is 9.80. The van der Waals surface area contributed by atoms with Gasteiger partial charge < -0.3 is 15.0 Å². The van der Waals surface area contributed by atoms with E-state index in [1.54, 1.807) is 0 Å². The van der Waals surface area contributed by atoms with Crippen LogP contribution in [0.4, 0.5) is 10.1 Å². The number of halogens is 1. The van der Waals surface area contributed by atoms with E-state index in [-0.39, 0.29) is 47.6 Å². The van der Waals surface area contributed by atoms with Gasteiger partial charge in [0.2, 0.25) is 17.7 Å². The number of carbonyl (C=O) groups is 5. The van der Waals surface area contributed by atoms with E-state index in [9.17, 15) is 24.0 Å². The van der Waals surface area contributed by atoms with Gasteiger partial charge in [0.15, 0.2) is 0 Å². The fraction of sp³-hybridized carbons (Fsp3) is 0.542. The molecule has 2 saturated heterocycles. The lowest BCUT2D eigenvalue weighted by Crippen LogP contribution is -2.54. The van der Waals surface area contributed by atoms with Crippen molar-refractivity contribution in [3.63, 3.8) is 0 Å². The van der Waals surface area contributed by atoms with E-state index < -0.39 is 35.5 Å². The molecule has 0 saturated carbocycles. The summed E-state index contributed by atoms with van der Waals surface area (Å²) in [6.45, 7) is 5.85. The molecule has 0 spiro atoms. The first-order chi connectivity index (χ1) is 16.6. The first-order valence-electron chi connectivity index (χ1n) is 11.8. The summed E-state index contributed by atoms with van der Waals surface area (Å²) in [5.74, 6) is -3.37. The van der Waals surface area contributed by atoms with E-state index in [4.69, 9.17) is 4.74 Å². The van der Waals surface area contributed by atoms with Gasteiger partial charge in [0.25, 0.3) is 11.8 Å². The Hall–Kier alpha value is -3.34. The van der Waals surface area contributed by atoms with Gasteiger partial charge in [-0.15, -0.1) is 0 Å². The van der Waals surface area contributed by atoms with Crippen LogP contribution < -0.4 is 15.5 Å². The van der Waals surface area contributed by atoms with Crippen LogP contribution in [-0.2, 0) is 19.1 Å². The number of ether oxygens (including phenoxy) is 1. The zero-order valence-electron chi connectivity index (χ0n) is 19.8. The molecule has 5 amide bonds. The Morgan fingerprint density at radius 3 is 2.46 bits per heavy atom. The number of carbonyl (C=O) groups excluding carboxylic acids is 5. The molecular formula is C24H29FN4O6. The minimum atomic E-state index is -1.10. The van der Waals surface area contributed by atoms with Crippen molar-refractivity contribution in [3.05, 3.63) is 29.1 Å². The lowest BCUT2D eigenvalue weighted by Gasteiger charge is -2.40. The molecule has 2 N–H and O–H groups in total. The monoisotopic (exact) mass is 488 g/mol. The van der Waals surface area contributed by atoms with Crippen LogP contribution in [0.2, 0.25) is 0 Å². The van der Waals surface area contributed by atoms with Crippen LogP contribution in [0.25, 0.3) is 0 Å². The number of anilines is 1. The highest BCUT2D eigenvalue weighted by molar-refractivity contribution is 6.23. The molecule has 1 unspecified atom stereocenters. The normalized spacial score (nSPS) is 21.7. The molecule has 0 aliphatic carbocycles. The quantitative estimate of drug-likeness (QED) is 0.548. The molecule has 0 radical (unpaired) electrons. The summed E-state index contributed by atoms with van der Waals surface area (Å²) in [7, 11) is 0. The summed E-state index contributed by atoms with van der Waals surface area (Å²) in [4.78, 5) is 64.1. The number of hydrogen-bond acceptors (Lipinski definition) is 7. The van der Waals surface area contributed by atoms with Gasteiger partial charge >= 0.3 is 0 Å². The summed E-state index contributed by atoms with van der Waals surface area (Å²) < 4.78 is 20.2. The van der Waals surface area contributed by atoms with Gasteiger partial charge in [-0.25, -0.2) is 4.39 Å². The van der Waals surface area contributed by atoms with Crippen LogP contribution in [0.3, 0.4) is 0 Å². The predicted octanol–water partition coefficient (Wildman–Crippen LogP) is 0.986. The van der Waals surface area contributed by atoms with Gasteiger partial charge in [0, 0.05) is 32.7 Å². The fourth-order valence-corrected chi connectivity index (χ4v) is 4.74. The summed E-state index contributed by atoms with van der Waals surface area (Å²) in [6.07, 6.45) is 1.43. The summed E-state index contributed by atoms with van der Waals surface area (Å²) in [5, 5.41) is 5.03. The third-order valence-corrected chi connectivity index (χ3v) is 6.97. The molecule has 1 aromatic rings. The van der Waals surface area contributed by atoms with E-state index in [2.05, 4.69) is 17.6 Å². The van der Waals surface area contributed by atoms with Gasteiger partial charge in [-0.3, -0.25) is 34.2 Å². The second kappa shape index (κ2) is 9.73. The molecule has 2 fully saturated rings. The van der Waals surface area contributed by atoms with Gasteiger partial charge in [0.1, 0.15) is 18.5 Å². The van der Waals surface area contributed by atoms with Crippen LogP contribution in [-0.4, -0.2) is 73.3 Å². The lowest BCUT2D eigenvalue weighted by molar-refractivity contribution is -0.136. The minimum absolute atomic E-state index is 0.0155. The Morgan fingerprint density at radius 1 is 1.17 bits per heavy atom. The van der Waals surface area contributed by atoms with Crippen molar-refractivity contribution in [2.45, 2.75) is 45.6 Å². The molecule has 3 heterocycles. The van der Waals surface area contributed by atoms with E-state index in [1.165, 1.54) is 6.07 Å². The van der Waals surface area contributed by atoms with E-state index in [1.807, 2.05) is 11.8 Å². The van der Waals surface area contributed by atoms with Crippen molar-refractivity contribution in [2.24, 2.45) is 5.41 Å². The minimum Gasteiger partial charge on any atom is -0.372 e. The summed E-state index contributed by atoms with van der Waals surface area (Å²) in [6, 6.07) is 1.34. The number of benzene rings is 1. The number of nitrogens with one attached hydrogen (secondary N) is 2. The van der Waals surface area contributed by atoms with Crippen molar-refractivity contribution in [1.29, 1.82) is 0 Å². The predicted molar refractivity (Wildman–Crippen MR) is 122 cm³/mol. The number of piperidine rings is 2. The highest BCUT2D eigenvalue weighted by Crippen LogP contribution is 2.36. The Balaban J connectivity index is 1.45. The smallest absolute Gasteiger partial charge is 0.262 e. The number of hydrogen-bond donors (Lipinski definition) is 2. The van der Waals surface area contributed by atoms with Crippen LogP contribution in [0.1, 0.15) is 60.2 Å². The van der Waals surface area contributed by atoms with Crippen LogP contribution in [0, 0.1) is 11.2 Å². The average Bonchev–Trinajstić information content (AvgIpc) is 3.06. The Kier molecular flexibility index (Phi) is 6.88. The van der Waals surface area contributed by atoms with E-state index >= 15 is 4.39 Å². The van der Waals surface area contributed by atoms with Gasteiger partial charge in [0.05, 0.1) is 16.8 Å². The molecule has 0 bridgehead atoms. The third-order valence-electron chi connectivity index (χ3n) is 6.97. The fourth-order valence-electron chi connectivity index (χ4n) is 4.74. The largest absolute Gasteiger partial charge is 0.372 e. The number of rotatable bonds is 7. The number of imide groups is 2. The van der Waals surface area contributed by atoms with Crippen molar-refractivity contribution < 1.29 is 33.1 Å². The van der Waals surface area contributed by atoms with Gasteiger partial charge in [-0.1, -0.05) is 6.92 Å². The molecule has 3 aliphatic rings. The SMILES string of the molecule is CCOCC(=O)NCC1(C)CCN(c2cc3c(cc2F)C(=O)N(C2CCC(=O)NC2=O)C3=O)CC1. The summed E-state index contributed by atoms with van der Waals surface area (Å²) >= 11 is 0. The molecule has 35 heavy (non-hydrogen) atoms. The van der Waals surface area contributed by atoms with Crippen LogP contribution >= 0.6 is 0 Å². The Labute approximate surface area is 202 Å². The second-order valence-corrected chi connectivity index (χ2v) is 9.51. The van der Waals surface area contributed by atoms with E-state index in [0.717, 1.165) is 11.0 Å². The van der Waals surface area contributed by atoms with Crippen molar-refractivity contribution in [1.82, 2.24) is 15.5 Å². The van der Waals surface area contributed by atoms with Crippen molar-refractivity contribution in [2.75, 3.05) is 37.7 Å². The van der Waals surface area contributed by atoms with Crippen LogP contribution in [0.15, 0.2) is 12.1 Å². The number of amides is 5. The first-order valence-corrected chi connectivity index (χ1v) is 11.8. The zero-order chi connectivity index (χ0) is 25.3. The maximum Gasteiger partial charge on any atom is 0.262 e. The topological polar surface area (TPSA) is 125 Å². The maximum absolute atomic E-state index is 15.1. The van der Waals surface area contributed by atoms with Gasteiger partial charge in [-0.2, -0.15) is 0 Å². The molecule has 11 heteroatoms. The number of fused-ring (bicyclic) bond motifs is 1. The number of nitrogens with zero attached hydrogens (tertiary/aromatic N) is 2. The average molecular weight is 489 g/mol. The third kappa shape index (κ3) is 4.90. The maximum atomic E-state index is 15.1. The molecule has 1 aromatic carbocycles. The van der Waals surface area contributed by atoms with Crippen molar-refractivity contribution >= 4 is 35.2 Å². The highest BCUT2D eigenvalue weighted by Gasteiger charge is 2.45. The zero-order valence-corrected chi connectivity index (χ0v) is 19.8. The Morgan fingerprint density at radius 2 is 1.83 bits per heavy atom. The Bertz CT molecular complexity index is 1080. The second-order valence-electron chi connectivity index (χ2n) is 9.51. The molecule has 10 nitrogen and oxygen atoms in total. The summed E-state index contributed by atoms with van der Waals surface area (Å²) in [5.41, 5.74) is 0.0184. The molecule has 3 aliphatic heterocycles. The van der Waals surface area contributed by atoms with E-state index in [0.29, 0.717) is 39.1 Å².